The van der Waals surface area contributed by atoms with Gasteiger partial charge in [0.05, 0.1) is 24.8 Å². The second-order valence-corrected chi connectivity index (χ2v) is 7.89. The molecule has 2 N–H and O–H groups in total. The van der Waals surface area contributed by atoms with Crippen molar-refractivity contribution in [3.8, 4) is 0 Å². The molecule has 26 heavy (non-hydrogen) atoms. The minimum atomic E-state index is -0.224. The van der Waals surface area contributed by atoms with Gasteiger partial charge in [0.25, 0.3) is 0 Å². The van der Waals surface area contributed by atoms with Gasteiger partial charge in [-0.1, -0.05) is 18.6 Å². The van der Waals surface area contributed by atoms with E-state index < -0.39 is 0 Å². The molecule has 0 aliphatic carbocycles. The van der Waals surface area contributed by atoms with Crippen LogP contribution in [0.4, 0.5) is 5.69 Å². The van der Waals surface area contributed by atoms with Crippen molar-refractivity contribution >= 4 is 17.5 Å². The van der Waals surface area contributed by atoms with Crippen LogP contribution in [-0.4, -0.2) is 54.6 Å². The number of amides is 2. The number of nitrogens with zero attached hydrogens (tertiary/aromatic N) is 1. The molecule has 140 valence electrons. The predicted molar refractivity (Wildman–Crippen MR) is 99.0 cm³/mol. The summed E-state index contributed by atoms with van der Waals surface area (Å²) < 4.78 is 5.40. The maximum Gasteiger partial charge on any atom is 0.221 e. The molecule has 0 saturated carbocycles. The van der Waals surface area contributed by atoms with Crippen LogP contribution in [0.1, 0.15) is 44.1 Å². The number of carbonyl (C=O) groups excluding carboxylic acids is 2. The molecule has 3 aliphatic rings. The number of hydrogen-bond acceptors (Lipinski definition) is 4. The molecule has 2 amide bonds. The first-order valence-corrected chi connectivity index (χ1v) is 9.56. The molecule has 1 spiro atoms. The average molecular weight is 357 g/mol. The van der Waals surface area contributed by atoms with E-state index in [1.165, 1.54) is 12.5 Å². The predicted octanol–water partition coefficient (Wildman–Crippen LogP) is 1.87. The van der Waals surface area contributed by atoms with Gasteiger partial charge in [-0.15, -0.1) is 0 Å². The van der Waals surface area contributed by atoms with Crippen molar-refractivity contribution in [1.82, 2.24) is 10.2 Å². The Morgan fingerprint density at radius 1 is 1.35 bits per heavy atom. The van der Waals surface area contributed by atoms with Crippen LogP contribution in [0.5, 0.6) is 0 Å². The number of hydrogen-bond donors (Lipinski definition) is 2. The van der Waals surface area contributed by atoms with E-state index in [1.54, 1.807) is 0 Å². The van der Waals surface area contributed by atoms with Crippen LogP contribution < -0.4 is 10.6 Å². The number of carbonyl (C=O) groups is 2. The van der Waals surface area contributed by atoms with Crippen LogP contribution in [-0.2, 0) is 14.3 Å². The lowest BCUT2D eigenvalue weighted by molar-refractivity contribution is -0.122. The van der Waals surface area contributed by atoms with Gasteiger partial charge < -0.3 is 15.4 Å². The maximum atomic E-state index is 12.4. The quantitative estimate of drug-likeness (QED) is 0.866. The first-order valence-electron chi connectivity index (χ1n) is 9.56. The zero-order chi connectivity index (χ0) is 18.1. The molecule has 6 heteroatoms. The summed E-state index contributed by atoms with van der Waals surface area (Å²) in [6.45, 7) is 4.87. The standard InChI is InChI=1S/C20H27N3O3/c1-14(24)21-16-6-4-5-15(9-16)18-10-23(17-11-26-12-17)13-20(18)8-3-2-7-19(25)22-20/h4-6,9,17-18H,2-3,7-8,10-13H2,1H3,(H,21,24)(H,22,25)/t18-,20+/m0/s1. The molecule has 0 radical (unpaired) electrons. The average Bonchev–Trinajstić information content (AvgIpc) is 2.76. The van der Waals surface area contributed by atoms with Crippen LogP contribution in [0.25, 0.3) is 0 Å². The van der Waals surface area contributed by atoms with E-state index in [-0.39, 0.29) is 23.3 Å². The lowest BCUT2D eigenvalue weighted by Crippen LogP contribution is -2.54. The van der Waals surface area contributed by atoms with Gasteiger partial charge in [0.2, 0.25) is 11.8 Å². The third-order valence-electron chi connectivity index (χ3n) is 5.98. The summed E-state index contributed by atoms with van der Waals surface area (Å²) in [4.78, 5) is 26.3. The molecular formula is C20H27N3O3. The molecule has 3 aliphatic heterocycles. The molecule has 3 fully saturated rings. The SMILES string of the molecule is CC(=O)Nc1cccc([C@@H]2CN(C3COC3)C[C@]23CCCCC(=O)N3)c1. The molecule has 6 nitrogen and oxygen atoms in total. The van der Waals surface area contributed by atoms with E-state index in [4.69, 9.17) is 4.74 Å². The lowest BCUT2D eigenvalue weighted by atomic mass is 9.79. The van der Waals surface area contributed by atoms with Crippen LogP contribution in [0.2, 0.25) is 0 Å². The van der Waals surface area contributed by atoms with E-state index in [2.05, 4.69) is 27.7 Å². The highest BCUT2D eigenvalue weighted by Crippen LogP contribution is 2.42. The lowest BCUT2D eigenvalue weighted by Gasteiger charge is -2.37. The zero-order valence-electron chi connectivity index (χ0n) is 15.3. The van der Waals surface area contributed by atoms with Crippen LogP contribution in [0.15, 0.2) is 24.3 Å². The number of rotatable bonds is 3. The molecule has 1 aromatic rings. The van der Waals surface area contributed by atoms with Crippen LogP contribution in [0, 0.1) is 0 Å². The Hall–Kier alpha value is -1.92. The summed E-state index contributed by atoms with van der Waals surface area (Å²) in [7, 11) is 0. The third kappa shape index (κ3) is 3.35. The Morgan fingerprint density at radius 2 is 2.19 bits per heavy atom. The van der Waals surface area contributed by atoms with Crippen LogP contribution in [0.3, 0.4) is 0 Å². The van der Waals surface area contributed by atoms with E-state index in [0.717, 1.165) is 51.3 Å². The minimum absolute atomic E-state index is 0.0701. The monoisotopic (exact) mass is 357 g/mol. The maximum absolute atomic E-state index is 12.4. The molecule has 3 saturated heterocycles. The van der Waals surface area contributed by atoms with Gasteiger partial charge in [0, 0.05) is 38.0 Å². The highest BCUT2D eigenvalue weighted by Gasteiger charge is 2.50. The second kappa shape index (κ2) is 7.00. The van der Waals surface area contributed by atoms with Crippen molar-refractivity contribution in [2.45, 2.75) is 50.1 Å². The Kier molecular flexibility index (Phi) is 4.71. The summed E-state index contributed by atoms with van der Waals surface area (Å²) >= 11 is 0. The number of anilines is 1. The fourth-order valence-corrected chi connectivity index (χ4v) is 4.63. The normalized spacial score (nSPS) is 29.9. The van der Waals surface area contributed by atoms with Gasteiger partial charge in [-0.05, 0) is 30.5 Å². The molecule has 1 aromatic carbocycles. The summed E-state index contributed by atoms with van der Waals surface area (Å²) in [5.41, 5.74) is 1.77. The highest BCUT2D eigenvalue weighted by molar-refractivity contribution is 5.88. The zero-order valence-corrected chi connectivity index (χ0v) is 15.3. The van der Waals surface area contributed by atoms with Gasteiger partial charge in [-0.3, -0.25) is 14.5 Å². The molecular weight excluding hydrogens is 330 g/mol. The smallest absolute Gasteiger partial charge is 0.221 e. The van der Waals surface area contributed by atoms with Gasteiger partial charge in [-0.25, -0.2) is 0 Å². The van der Waals surface area contributed by atoms with Gasteiger partial charge in [0.1, 0.15) is 0 Å². The largest absolute Gasteiger partial charge is 0.378 e. The molecule has 0 unspecified atom stereocenters. The Morgan fingerprint density at radius 3 is 2.92 bits per heavy atom. The Labute approximate surface area is 154 Å². The summed E-state index contributed by atoms with van der Waals surface area (Å²) in [5.74, 6) is 0.315. The fourth-order valence-electron chi connectivity index (χ4n) is 4.63. The number of ether oxygens (including phenoxy) is 1. The van der Waals surface area contributed by atoms with E-state index in [1.807, 2.05) is 12.1 Å². The van der Waals surface area contributed by atoms with Gasteiger partial charge in [0.15, 0.2) is 0 Å². The molecule has 3 heterocycles. The minimum Gasteiger partial charge on any atom is -0.378 e. The van der Waals surface area contributed by atoms with Crippen LogP contribution >= 0.6 is 0 Å². The fraction of sp³-hybridized carbons (Fsp3) is 0.600. The van der Waals surface area contributed by atoms with Crippen molar-refractivity contribution in [2.24, 2.45) is 0 Å². The molecule has 0 aromatic heterocycles. The van der Waals surface area contributed by atoms with Crippen molar-refractivity contribution in [2.75, 3.05) is 31.6 Å². The summed E-state index contributed by atoms with van der Waals surface area (Å²) in [5, 5.41) is 6.26. The van der Waals surface area contributed by atoms with E-state index in [9.17, 15) is 9.59 Å². The summed E-state index contributed by atoms with van der Waals surface area (Å²) in [6, 6.07) is 8.54. The third-order valence-corrected chi connectivity index (χ3v) is 5.98. The number of nitrogens with one attached hydrogen (secondary N) is 2. The van der Waals surface area contributed by atoms with E-state index >= 15 is 0 Å². The summed E-state index contributed by atoms with van der Waals surface area (Å²) in [6.07, 6.45) is 3.64. The Bertz CT molecular complexity index is 703. The first kappa shape index (κ1) is 17.5. The van der Waals surface area contributed by atoms with Crippen molar-refractivity contribution in [3.05, 3.63) is 29.8 Å². The Balaban J connectivity index is 1.66. The molecule has 2 atom stereocenters. The second-order valence-electron chi connectivity index (χ2n) is 7.89. The van der Waals surface area contributed by atoms with Gasteiger partial charge >= 0.3 is 0 Å². The topological polar surface area (TPSA) is 70.7 Å². The number of benzene rings is 1. The van der Waals surface area contributed by atoms with Crippen molar-refractivity contribution in [3.63, 3.8) is 0 Å². The van der Waals surface area contributed by atoms with E-state index in [0.29, 0.717) is 12.5 Å². The van der Waals surface area contributed by atoms with Crippen molar-refractivity contribution < 1.29 is 14.3 Å². The molecule has 4 rings (SSSR count). The van der Waals surface area contributed by atoms with Crippen molar-refractivity contribution in [1.29, 1.82) is 0 Å². The first-order chi connectivity index (χ1) is 12.6. The molecule has 0 bridgehead atoms. The highest BCUT2D eigenvalue weighted by atomic mass is 16.5. The number of likely N-dealkylation sites (tertiary alicyclic amines) is 1. The van der Waals surface area contributed by atoms with Gasteiger partial charge in [-0.2, -0.15) is 0 Å².